The zero-order valence-electron chi connectivity index (χ0n) is 17.3. The van der Waals surface area contributed by atoms with E-state index in [9.17, 15) is 4.79 Å². The minimum Gasteiger partial charge on any atom is -0.457 e. The Labute approximate surface area is 167 Å². The number of anilines is 1. The summed E-state index contributed by atoms with van der Waals surface area (Å²) in [4.78, 5) is 18.4. The third-order valence-corrected chi connectivity index (χ3v) is 5.19. The highest BCUT2D eigenvalue weighted by atomic mass is 19.1. The number of esters is 1. The molecule has 0 spiro atoms. The Morgan fingerprint density at radius 1 is 1.43 bits per heavy atom. The zero-order valence-corrected chi connectivity index (χ0v) is 17.3. The summed E-state index contributed by atoms with van der Waals surface area (Å²) in [6, 6.07) is 4.16. The molecule has 1 unspecified atom stereocenters. The second-order valence-corrected chi connectivity index (χ2v) is 8.91. The number of aromatic nitrogens is 1. The second kappa shape index (κ2) is 8.60. The Balaban J connectivity index is 1.45. The summed E-state index contributed by atoms with van der Waals surface area (Å²) in [6.07, 6.45) is 7.05. The van der Waals surface area contributed by atoms with Crippen molar-refractivity contribution < 1.29 is 13.9 Å². The third-order valence-electron chi connectivity index (χ3n) is 5.19. The van der Waals surface area contributed by atoms with Crippen molar-refractivity contribution in [1.82, 2.24) is 9.88 Å². The fourth-order valence-electron chi connectivity index (χ4n) is 3.77. The van der Waals surface area contributed by atoms with Gasteiger partial charge in [0.05, 0.1) is 0 Å². The number of pyridine rings is 1. The lowest BCUT2D eigenvalue weighted by Gasteiger charge is -2.21. The van der Waals surface area contributed by atoms with Crippen LogP contribution in [0.2, 0.25) is 0 Å². The van der Waals surface area contributed by atoms with E-state index >= 15 is 4.39 Å². The van der Waals surface area contributed by atoms with Gasteiger partial charge in [-0.05, 0) is 64.5 Å². The maximum atomic E-state index is 15.2. The first kappa shape index (κ1) is 20.8. The number of alkyl halides is 1. The Kier molecular flexibility index (Phi) is 6.38. The van der Waals surface area contributed by atoms with Gasteiger partial charge in [-0.2, -0.15) is 0 Å². The van der Waals surface area contributed by atoms with Crippen LogP contribution in [-0.2, 0) is 22.4 Å². The molecule has 154 valence electrons. The van der Waals surface area contributed by atoms with Crippen molar-refractivity contribution in [3.63, 3.8) is 0 Å². The van der Waals surface area contributed by atoms with Crippen LogP contribution in [0.1, 0.15) is 51.3 Å². The summed E-state index contributed by atoms with van der Waals surface area (Å²) in [7, 11) is 0. The number of carbonyl (C=O) groups is 1. The van der Waals surface area contributed by atoms with Gasteiger partial charge in [0.2, 0.25) is 0 Å². The predicted octanol–water partition coefficient (Wildman–Crippen LogP) is 3.68. The Morgan fingerprint density at radius 3 is 3.04 bits per heavy atom. The number of ether oxygens (including phenoxy) is 1. The molecule has 0 saturated carbocycles. The second-order valence-electron chi connectivity index (χ2n) is 8.91. The molecule has 0 aliphatic carbocycles. The van der Waals surface area contributed by atoms with Crippen LogP contribution in [0, 0.1) is 0 Å². The predicted molar refractivity (Wildman–Crippen MR) is 109 cm³/mol. The average Bonchev–Trinajstić information content (AvgIpc) is 3.00. The zero-order chi connectivity index (χ0) is 20.2. The number of hydrogen-bond acceptors (Lipinski definition) is 5. The van der Waals surface area contributed by atoms with Crippen molar-refractivity contribution in [2.24, 2.45) is 0 Å². The maximum Gasteiger partial charge on any atom is 0.330 e. The molecule has 2 aliphatic rings. The molecule has 1 saturated heterocycles. The van der Waals surface area contributed by atoms with Gasteiger partial charge in [0.25, 0.3) is 0 Å². The van der Waals surface area contributed by atoms with Gasteiger partial charge in [-0.15, -0.1) is 0 Å². The van der Waals surface area contributed by atoms with Crippen LogP contribution in [0.25, 0.3) is 0 Å². The maximum absolute atomic E-state index is 15.2. The van der Waals surface area contributed by atoms with Gasteiger partial charge in [-0.1, -0.05) is 12.1 Å². The molecule has 3 heterocycles. The molecule has 0 aromatic carbocycles. The quantitative estimate of drug-likeness (QED) is 0.594. The number of fused-ring (bicyclic) bond motifs is 1. The Hall–Kier alpha value is -1.95. The molecule has 1 aromatic rings. The molecule has 1 aromatic heterocycles. The molecule has 5 nitrogen and oxygen atoms in total. The normalized spacial score (nSPS) is 22.9. The third kappa shape index (κ3) is 6.03. The van der Waals surface area contributed by atoms with Crippen molar-refractivity contribution in [1.29, 1.82) is 0 Å². The van der Waals surface area contributed by atoms with Crippen LogP contribution in [-0.4, -0.2) is 53.3 Å². The number of nitrogens with zero attached hydrogens (tertiary/aromatic N) is 2. The summed E-state index contributed by atoms with van der Waals surface area (Å²) in [5.41, 5.74) is 0.524. The van der Waals surface area contributed by atoms with Crippen molar-refractivity contribution in [2.45, 2.75) is 64.1 Å². The Morgan fingerprint density at radius 2 is 2.25 bits per heavy atom. The fraction of sp³-hybridized carbons (Fsp3) is 0.636. The van der Waals surface area contributed by atoms with Gasteiger partial charge in [0, 0.05) is 37.9 Å². The highest BCUT2D eigenvalue weighted by Crippen LogP contribution is 2.30. The fourth-order valence-corrected chi connectivity index (χ4v) is 3.77. The monoisotopic (exact) mass is 389 g/mol. The summed E-state index contributed by atoms with van der Waals surface area (Å²) in [5.74, 6) is 0.613. The van der Waals surface area contributed by atoms with Crippen molar-refractivity contribution >= 4 is 11.8 Å². The largest absolute Gasteiger partial charge is 0.457 e. The van der Waals surface area contributed by atoms with Gasteiger partial charge < -0.3 is 10.1 Å². The van der Waals surface area contributed by atoms with E-state index in [-0.39, 0.29) is 5.97 Å². The lowest BCUT2D eigenvalue weighted by atomic mass is 9.97. The van der Waals surface area contributed by atoms with Gasteiger partial charge >= 0.3 is 5.97 Å². The van der Waals surface area contributed by atoms with Crippen LogP contribution >= 0.6 is 0 Å². The minimum atomic E-state index is -1.19. The standard InChI is InChI=1S/C22H32FN3O2/c1-21(2,3)28-19(27)7-5-14-26-15-12-22(23,16-26)11-10-18-9-8-17-6-4-13-24-20(17)25-18/h5,7-9H,4,6,10-16H2,1-3H3,(H,24,25). The molecule has 0 radical (unpaired) electrons. The SMILES string of the molecule is CC(C)(C)OC(=O)C=CCN1CCC(F)(CCc2ccc3c(n2)NCCC3)C1. The minimum absolute atomic E-state index is 0.356. The van der Waals surface area contributed by atoms with E-state index in [1.807, 2.05) is 31.7 Å². The van der Waals surface area contributed by atoms with Crippen LogP contribution in [0.4, 0.5) is 10.2 Å². The molecule has 1 N–H and O–H groups in total. The number of rotatable bonds is 6. The summed E-state index contributed by atoms with van der Waals surface area (Å²) >= 11 is 0. The van der Waals surface area contributed by atoms with Crippen molar-refractivity contribution in [2.75, 3.05) is 31.5 Å². The van der Waals surface area contributed by atoms with E-state index in [1.165, 1.54) is 11.6 Å². The number of carbonyl (C=O) groups excluding carboxylic acids is 1. The average molecular weight is 390 g/mol. The van der Waals surface area contributed by atoms with Crippen molar-refractivity contribution in [3.05, 3.63) is 35.5 Å². The summed E-state index contributed by atoms with van der Waals surface area (Å²) in [5, 5.41) is 3.34. The van der Waals surface area contributed by atoms with E-state index in [4.69, 9.17) is 4.74 Å². The molecule has 0 bridgehead atoms. The topological polar surface area (TPSA) is 54.5 Å². The highest BCUT2D eigenvalue weighted by Gasteiger charge is 2.37. The lowest BCUT2D eigenvalue weighted by molar-refractivity contribution is -0.148. The van der Waals surface area contributed by atoms with E-state index in [1.54, 1.807) is 6.08 Å². The molecule has 2 aliphatic heterocycles. The molecular formula is C22H32FN3O2. The van der Waals surface area contributed by atoms with Crippen LogP contribution < -0.4 is 5.32 Å². The molecule has 6 heteroatoms. The van der Waals surface area contributed by atoms with E-state index in [2.05, 4.69) is 16.4 Å². The van der Waals surface area contributed by atoms with Crippen molar-refractivity contribution in [3.8, 4) is 0 Å². The molecule has 1 atom stereocenters. The van der Waals surface area contributed by atoms with E-state index < -0.39 is 11.3 Å². The number of halogens is 1. The first-order chi connectivity index (χ1) is 13.2. The number of nitrogens with one attached hydrogen (secondary N) is 1. The smallest absolute Gasteiger partial charge is 0.330 e. The van der Waals surface area contributed by atoms with Gasteiger partial charge in [0.1, 0.15) is 17.1 Å². The molecule has 0 amide bonds. The molecular weight excluding hydrogens is 357 g/mol. The van der Waals surface area contributed by atoms with Crippen LogP contribution in [0.3, 0.4) is 0 Å². The van der Waals surface area contributed by atoms with Crippen LogP contribution in [0.15, 0.2) is 24.3 Å². The van der Waals surface area contributed by atoms with Gasteiger partial charge in [0.15, 0.2) is 0 Å². The molecule has 28 heavy (non-hydrogen) atoms. The van der Waals surface area contributed by atoms with Crippen LogP contribution in [0.5, 0.6) is 0 Å². The van der Waals surface area contributed by atoms with Gasteiger partial charge in [-0.25, -0.2) is 14.2 Å². The highest BCUT2D eigenvalue weighted by molar-refractivity contribution is 5.82. The lowest BCUT2D eigenvalue weighted by Crippen LogP contribution is -2.30. The molecule has 3 rings (SSSR count). The van der Waals surface area contributed by atoms with E-state index in [0.29, 0.717) is 38.9 Å². The molecule has 1 fully saturated rings. The first-order valence-corrected chi connectivity index (χ1v) is 10.3. The van der Waals surface area contributed by atoms with E-state index in [0.717, 1.165) is 30.9 Å². The number of likely N-dealkylation sites (tertiary alicyclic amines) is 1. The summed E-state index contributed by atoms with van der Waals surface area (Å²) in [6.45, 7) is 8.13. The number of aryl methyl sites for hydroxylation is 2. The number of hydrogen-bond donors (Lipinski definition) is 1. The first-order valence-electron chi connectivity index (χ1n) is 10.3. The Bertz CT molecular complexity index is 729. The summed E-state index contributed by atoms with van der Waals surface area (Å²) < 4.78 is 20.4. The van der Waals surface area contributed by atoms with Gasteiger partial charge in [-0.3, -0.25) is 4.90 Å².